The first kappa shape index (κ1) is 15.9. The van der Waals surface area contributed by atoms with E-state index in [1.165, 1.54) is 6.92 Å². The lowest BCUT2D eigenvalue weighted by atomic mass is 10.1. The van der Waals surface area contributed by atoms with E-state index >= 15 is 0 Å². The molecule has 0 aliphatic rings. The van der Waals surface area contributed by atoms with E-state index in [0.717, 1.165) is 12.1 Å². The van der Waals surface area contributed by atoms with Gasteiger partial charge >= 0.3 is 12.1 Å². The lowest BCUT2D eigenvalue weighted by Gasteiger charge is -2.12. The number of hydrogen-bond acceptors (Lipinski definition) is 4. The zero-order valence-corrected chi connectivity index (χ0v) is 10.3. The molecule has 0 amide bonds. The van der Waals surface area contributed by atoms with Crippen LogP contribution in [0.1, 0.15) is 17.3 Å². The second-order valence-electron chi connectivity index (χ2n) is 3.59. The number of carbonyl (C=O) groups excluding carboxylic acids is 2. The van der Waals surface area contributed by atoms with Crippen LogP contribution in [0.5, 0.6) is 5.75 Å². The van der Waals surface area contributed by atoms with Crippen LogP contribution >= 0.6 is 0 Å². The Hall–Kier alpha value is -2.12. The van der Waals surface area contributed by atoms with Crippen LogP contribution in [0.15, 0.2) is 18.2 Å². The van der Waals surface area contributed by atoms with Crippen molar-refractivity contribution in [1.29, 1.82) is 0 Å². The fraction of sp³-hybridized carbons (Fsp3) is 0.333. The van der Waals surface area contributed by atoms with Crippen molar-refractivity contribution in [3.8, 4) is 5.75 Å². The van der Waals surface area contributed by atoms with Gasteiger partial charge in [0.2, 0.25) is 0 Å². The number of hydrogen-bond donors (Lipinski definition) is 0. The molecule has 0 saturated heterocycles. The molecule has 4 nitrogen and oxygen atoms in total. The van der Waals surface area contributed by atoms with Gasteiger partial charge in [0.05, 0.1) is 12.2 Å². The summed E-state index contributed by atoms with van der Waals surface area (Å²) in [6.07, 6.45) is -4.66. The second kappa shape index (κ2) is 6.36. The number of Topliss-reactive ketones (excluding diaryl/α,β-unsaturated/α-hetero) is 1. The van der Waals surface area contributed by atoms with E-state index < -0.39 is 41.7 Å². The number of alkyl halides is 3. The summed E-state index contributed by atoms with van der Waals surface area (Å²) in [5.41, 5.74) is -0.492. The number of carbonyl (C=O) groups is 2. The highest BCUT2D eigenvalue weighted by Gasteiger charge is 2.30. The summed E-state index contributed by atoms with van der Waals surface area (Å²) in [6.45, 7) is -0.332. The summed E-state index contributed by atoms with van der Waals surface area (Å²) >= 11 is 0. The molecule has 0 aromatic heterocycles. The Bertz CT molecular complexity index is 511. The molecule has 20 heavy (non-hydrogen) atoms. The molecule has 0 N–H and O–H groups in total. The zero-order valence-electron chi connectivity index (χ0n) is 10.3. The highest BCUT2D eigenvalue weighted by Crippen LogP contribution is 2.24. The van der Waals surface area contributed by atoms with E-state index in [4.69, 9.17) is 0 Å². The second-order valence-corrected chi connectivity index (χ2v) is 3.59. The highest BCUT2D eigenvalue weighted by molar-refractivity contribution is 6.41. The van der Waals surface area contributed by atoms with Gasteiger partial charge in [-0.1, -0.05) is 0 Å². The van der Waals surface area contributed by atoms with Crippen molar-refractivity contribution in [3.05, 3.63) is 29.6 Å². The lowest BCUT2D eigenvalue weighted by molar-refractivity contribution is -0.153. The third kappa shape index (κ3) is 4.52. The van der Waals surface area contributed by atoms with E-state index in [-0.39, 0.29) is 6.61 Å². The molecule has 0 fully saturated rings. The van der Waals surface area contributed by atoms with Gasteiger partial charge in [-0.3, -0.25) is 4.79 Å². The van der Waals surface area contributed by atoms with Crippen molar-refractivity contribution in [1.82, 2.24) is 0 Å². The number of rotatable bonds is 5. The normalized spacial score (nSPS) is 11.1. The Balaban J connectivity index is 3.01. The number of benzene rings is 1. The fourth-order valence-corrected chi connectivity index (χ4v) is 1.27. The van der Waals surface area contributed by atoms with Gasteiger partial charge < -0.3 is 9.47 Å². The molecule has 0 bridgehead atoms. The van der Waals surface area contributed by atoms with Crippen LogP contribution in [0.4, 0.5) is 17.6 Å². The van der Waals surface area contributed by atoms with Gasteiger partial charge in [0, 0.05) is 6.07 Å². The summed E-state index contributed by atoms with van der Waals surface area (Å²) in [5, 5.41) is 0. The van der Waals surface area contributed by atoms with Crippen LogP contribution in [0.25, 0.3) is 0 Å². The first-order chi connectivity index (χ1) is 9.24. The molecular weight excluding hydrogens is 284 g/mol. The predicted molar refractivity (Wildman–Crippen MR) is 58.9 cm³/mol. The van der Waals surface area contributed by atoms with E-state index in [9.17, 15) is 27.2 Å². The average Bonchev–Trinajstić information content (AvgIpc) is 2.35. The number of ketones is 1. The van der Waals surface area contributed by atoms with Gasteiger partial charge in [-0.25, -0.2) is 9.18 Å². The third-order valence-electron chi connectivity index (χ3n) is 2.04. The molecule has 1 aromatic carbocycles. The number of halogens is 4. The molecule has 0 radical (unpaired) electrons. The van der Waals surface area contributed by atoms with Crippen LogP contribution in [0.3, 0.4) is 0 Å². The van der Waals surface area contributed by atoms with Crippen LogP contribution in [0, 0.1) is 5.82 Å². The van der Waals surface area contributed by atoms with Crippen LogP contribution in [-0.4, -0.2) is 31.1 Å². The van der Waals surface area contributed by atoms with E-state index in [1.54, 1.807) is 0 Å². The molecule has 0 spiro atoms. The molecule has 1 aromatic rings. The molecule has 8 heteroatoms. The SMILES string of the molecule is CCOC(=O)C(=O)c1ccc(F)cc1OCC(F)(F)F. The van der Waals surface area contributed by atoms with Gasteiger partial charge in [-0.05, 0) is 19.1 Å². The molecule has 110 valence electrons. The summed E-state index contributed by atoms with van der Waals surface area (Å²) in [5.74, 6) is -4.03. The molecule has 0 atom stereocenters. The van der Waals surface area contributed by atoms with Crippen molar-refractivity contribution in [2.45, 2.75) is 13.1 Å². The zero-order chi connectivity index (χ0) is 15.3. The summed E-state index contributed by atoms with van der Waals surface area (Å²) in [4.78, 5) is 22.9. The smallest absolute Gasteiger partial charge is 0.422 e. The number of esters is 1. The highest BCUT2D eigenvalue weighted by atomic mass is 19.4. The first-order valence-electron chi connectivity index (χ1n) is 5.45. The van der Waals surface area contributed by atoms with Crippen molar-refractivity contribution < 1.29 is 36.6 Å². The first-order valence-corrected chi connectivity index (χ1v) is 5.45. The maximum absolute atomic E-state index is 13.0. The molecule has 0 aliphatic heterocycles. The molecule has 1 rings (SSSR count). The monoisotopic (exact) mass is 294 g/mol. The quantitative estimate of drug-likeness (QED) is 0.362. The van der Waals surface area contributed by atoms with Crippen molar-refractivity contribution >= 4 is 11.8 Å². The molecular formula is C12H10F4O4. The molecule has 0 aliphatic carbocycles. The minimum Gasteiger partial charge on any atom is -0.483 e. The van der Waals surface area contributed by atoms with Gasteiger partial charge in [-0.15, -0.1) is 0 Å². The Morgan fingerprint density at radius 1 is 1.25 bits per heavy atom. The van der Waals surface area contributed by atoms with Gasteiger partial charge in [0.1, 0.15) is 11.6 Å². The minimum atomic E-state index is -4.66. The predicted octanol–water partition coefficient (Wildman–Crippen LogP) is 2.51. The third-order valence-corrected chi connectivity index (χ3v) is 2.04. The maximum atomic E-state index is 13.0. The lowest BCUT2D eigenvalue weighted by Crippen LogP contribution is -2.22. The topological polar surface area (TPSA) is 52.6 Å². The summed E-state index contributed by atoms with van der Waals surface area (Å²) < 4.78 is 57.9. The minimum absolute atomic E-state index is 0.0789. The fourth-order valence-electron chi connectivity index (χ4n) is 1.27. The van der Waals surface area contributed by atoms with Crippen LogP contribution in [-0.2, 0) is 9.53 Å². The van der Waals surface area contributed by atoms with E-state index in [2.05, 4.69) is 9.47 Å². The standard InChI is InChI=1S/C12H10F4O4/c1-2-19-11(18)10(17)8-4-3-7(13)5-9(8)20-6-12(14,15)16/h3-5H,2,6H2,1H3. The Morgan fingerprint density at radius 2 is 1.90 bits per heavy atom. The van der Waals surface area contributed by atoms with E-state index in [0.29, 0.717) is 6.07 Å². The Morgan fingerprint density at radius 3 is 2.45 bits per heavy atom. The molecule has 0 heterocycles. The van der Waals surface area contributed by atoms with Crippen molar-refractivity contribution in [2.24, 2.45) is 0 Å². The number of ether oxygens (including phenoxy) is 2. The van der Waals surface area contributed by atoms with Crippen LogP contribution < -0.4 is 4.74 Å². The summed E-state index contributed by atoms with van der Waals surface area (Å²) in [6, 6.07) is 2.28. The van der Waals surface area contributed by atoms with E-state index in [1.807, 2.05) is 0 Å². The van der Waals surface area contributed by atoms with Crippen LogP contribution in [0.2, 0.25) is 0 Å². The van der Waals surface area contributed by atoms with Gasteiger partial charge in [-0.2, -0.15) is 13.2 Å². The molecule has 0 saturated carbocycles. The largest absolute Gasteiger partial charge is 0.483 e. The van der Waals surface area contributed by atoms with Crippen molar-refractivity contribution in [3.63, 3.8) is 0 Å². The Labute approximate surface area is 111 Å². The van der Waals surface area contributed by atoms with Crippen molar-refractivity contribution in [2.75, 3.05) is 13.2 Å². The summed E-state index contributed by atoms with van der Waals surface area (Å²) in [7, 11) is 0. The molecule has 0 unspecified atom stereocenters. The van der Waals surface area contributed by atoms with Gasteiger partial charge in [0.25, 0.3) is 5.78 Å². The maximum Gasteiger partial charge on any atom is 0.422 e. The van der Waals surface area contributed by atoms with Gasteiger partial charge in [0.15, 0.2) is 6.61 Å². The Kier molecular flexibility index (Phi) is 5.06. The average molecular weight is 294 g/mol.